The maximum Gasteiger partial charge on any atom is 0.422 e. The summed E-state index contributed by atoms with van der Waals surface area (Å²) >= 11 is 0. The maximum absolute atomic E-state index is 13.0. The molecule has 274 valence electrons. The second-order valence-corrected chi connectivity index (χ2v) is 12.7. The highest BCUT2D eigenvalue weighted by molar-refractivity contribution is 6.39. The van der Waals surface area contributed by atoms with Crippen molar-refractivity contribution >= 4 is 40.9 Å². The molecule has 13 nitrogen and oxygen atoms in total. The average Bonchev–Trinajstić information content (AvgIpc) is 3.12. The number of benzene rings is 3. The van der Waals surface area contributed by atoms with Crippen molar-refractivity contribution in [2.45, 2.75) is 45.8 Å². The van der Waals surface area contributed by atoms with Crippen LogP contribution in [0.1, 0.15) is 49.0 Å². The molecule has 0 saturated carbocycles. The number of nitrogens with zero attached hydrogens (tertiary/aromatic N) is 3. The summed E-state index contributed by atoms with van der Waals surface area (Å²) in [4.78, 5) is 50.3. The minimum atomic E-state index is -4.61. The second-order valence-electron chi connectivity index (χ2n) is 12.7. The van der Waals surface area contributed by atoms with E-state index in [1.807, 2.05) is 26.0 Å². The first kappa shape index (κ1) is 37.3. The SMILES string of the molecule is CC1(C)CCC(=O)c2ccc(cc2)Nc2nc(nc(OCC(F)(F)F)n2)NCc2ccc(cc2)OCCCOc2ccc(cc2)NC(=O)C(=O)NC1. The number of ether oxygens (including phenoxy) is 3. The summed E-state index contributed by atoms with van der Waals surface area (Å²) in [5.74, 6) is -0.661. The fourth-order valence-electron chi connectivity index (χ4n) is 4.80. The molecule has 4 N–H and O–H groups in total. The molecule has 8 bridgehead atoms. The first-order chi connectivity index (χ1) is 24.8. The topological polar surface area (TPSA) is 166 Å². The molecule has 8 rings (SSSR count). The molecule has 0 fully saturated rings. The summed E-state index contributed by atoms with van der Waals surface area (Å²) in [5, 5.41) is 11.1. The largest absolute Gasteiger partial charge is 0.493 e. The van der Waals surface area contributed by atoms with E-state index < -0.39 is 36.0 Å². The van der Waals surface area contributed by atoms with Crippen molar-refractivity contribution in [3.8, 4) is 17.5 Å². The standard InChI is InChI=1S/C36H38F3N7O6/c1-35(2)17-16-29(47)24-6-8-26(9-7-24)43-33-44-32(45-34(46-33)52-22-36(37,38)39)40-20-23-4-12-27(13-5-23)50-18-3-19-51-28-14-10-25(11-15-28)42-31(49)30(48)41-21-35/h4-15H,3,16-22H2,1-2H3,(H,41,48)(H,42,49)(H2,40,43,44,45,46). The summed E-state index contributed by atoms with van der Waals surface area (Å²) in [6, 6.07) is 19.7. The van der Waals surface area contributed by atoms with Crippen LogP contribution in [-0.4, -0.2) is 65.1 Å². The Bertz CT molecular complexity index is 1840. The van der Waals surface area contributed by atoms with Gasteiger partial charge in [0.25, 0.3) is 0 Å². The van der Waals surface area contributed by atoms with Crippen LogP contribution in [0.15, 0.2) is 72.8 Å². The molecule has 0 unspecified atom stereocenters. The smallest absolute Gasteiger partial charge is 0.422 e. The first-order valence-corrected chi connectivity index (χ1v) is 16.4. The highest BCUT2D eigenvalue weighted by Crippen LogP contribution is 2.25. The van der Waals surface area contributed by atoms with Crippen molar-refractivity contribution in [1.29, 1.82) is 0 Å². The van der Waals surface area contributed by atoms with Gasteiger partial charge in [0.15, 0.2) is 12.4 Å². The van der Waals surface area contributed by atoms with Gasteiger partial charge < -0.3 is 35.5 Å². The molecule has 0 atom stereocenters. The molecule has 4 aliphatic rings. The Balaban J connectivity index is 1.31. The van der Waals surface area contributed by atoms with Crippen LogP contribution >= 0.6 is 0 Å². The molecule has 0 aliphatic carbocycles. The van der Waals surface area contributed by atoms with Crippen LogP contribution in [0.5, 0.6) is 17.5 Å². The first-order valence-electron chi connectivity index (χ1n) is 16.4. The summed E-state index contributed by atoms with van der Waals surface area (Å²) in [5.41, 5.74) is 1.63. The minimum absolute atomic E-state index is 0.0261. The van der Waals surface area contributed by atoms with Crippen molar-refractivity contribution in [2.75, 3.05) is 42.3 Å². The number of rotatable bonds is 2. The van der Waals surface area contributed by atoms with Gasteiger partial charge in [-0.15, -0.1) is 0 Å². The number of hydrogen-bond acceptors (Lipinski definition) is 11. The average molecular weight is 722 g/mol. The van der Waals surface area contributed by atoms with Crippen LogP contribution in [0.25, 0.3) is 0 Å². The molecular formula is C36H38F3N7O6. The lowest BCUT2D eigenvalue weighted by atomic mass is 9.86. The second kappa shape index (κ2) is 16.9. The third-order valence-electron chi connectivity index (χ3n) is 7.72. The molecule has 0 saturated heterocycles. The number of amides is 2. The van der Waals surface area contributed by atoms with Crippen LogP contribution in [0.3, 0.4) is 0 Å². The van der Waals surface area contributed by atoms with Gasteiger partial charge in [0.2, 0.25) is 11.9 Å². The summed E-state index contributed by atoms with van der Waals surface area (Å²) in [6.45, 7) is 3.32. The van der Waals surface area contributed by atoms with Crippen molar-refractivity contribution in [2.24, 2.45) is 5.41 Å². The number of anilines is 4. The van der Waals surface area contributed by atoms with Gasteiger partial charge >= 0.3 is 24.0 Å². The fraction of sp³-hybridized carbons (Fsp3) is 0.333. The zero-order chi connectivity index (χ0) is 37.1. The third-order valence-corrected chi connectivity index (χ3v) is 7.72. The van der Waals surface area contributed by atoms with Crippen LogP contribution < -0.4 is 35.5 Å². The number of alkyl halides is 3. The van der Waals surface area contributed by atoms with Gasteiger partial charge in [0, 0.05) is 42.9 Å². The number of fused-ring (bicyclic) bond motifs is 3. The summed E-state index contributed by atoms with van der Waals surface area (Å²) in [7, 11) is 0. The molecule has 3 aromatic carbocycles. The molecule has 4 aliphatic heterocycles. The van der Waals surface area contributed by atoms with Crippen LogP contribution in [0.2, 0.25) is 0 Å². The lowest BCUT2D eigenvalue weighted by molar-refractivity contribution is -0.154. The third kappa shape index (κ3) is 11.8. The Hall–Kier alpha value is -5.93. The van der Waals surface area contributed by atoms with Crippen molar-refractivity contribution < 1.29 is 41.8 Å². The van der Waals surface area contributed by atoms with Crippen molar-refractivity contribution in [3.05, 3.63) is 83.9 Å². The monoisotopic (exact) mass is 721 g/mol. The molecule has 0 spiro atoms. The summed E-state index contributed by atoms with van der Waals surface area (Å²) < 4.78 is 55.1. The maximum atomic E-state index is 13.0. The van der Waals surface area contributed by atoms with E-state index in [0.717, 1.165) is 5.56 Å². The lowest BCUT2D eigenvalue weighted by Gasteiger charge is -2.24. The normalized spacial score (nSPS) is 16.1. The Morgan fingerprint density at radius 3 is 2.00 bits per heavy atom. The molecule has 2 amide bonds. The number of ketones is 1. The van der Waals surface area contributed by atoms with E-state index in [1.165, 1.54) is 0 Å². The number of carbonyl (C=O) groups is 3. The van der Waals surface area contributed by atoms with Gasteiger partial charge in [-0.2, -0.15) is 28.1 Å². The van der Waals surface area contributed by atoms with Crippen LogP contribution in [0, 0.1) is 5.41 Å². The Kier molecular flexibility index (Phi) is 12.1. The zero-order valence-electron chi connectivity index (χ0n) is 28.5. The van der Waals surface area contributed by atoms with Crippen LogP contribution in [0.4, 0.5) is 36.4 Å². The predicted molar refractivity (Wildman–Crippen MR) is 186 cm³/mol. The van der Waals surface area contributed by atoms with Gasteiger partial charge in [-0.3, -0.25) is 14.4 Å². The van der Waals surface area contributed by atoms with Gasteiger partial charge in [0.1, 0.15) is 11.5 Å². The minimum Gasteiger partial charge on any atom is -0.493 e. The van der Waals surface area contributed by atoms with Gasteiger partial charge in [-0.25, -0.2) is 0 Å². The molecular weight excluding hydrogens is 683 g/mol. The molecule has 52 heavy (non-hydrogen) atoms. The number of carbonyl (C=O) groups excluding carboxylic acids is 3. The van der Waals surface area contributed by atoms with Gasteiger partial charge in [0.05, 0.1) is 13.2 Å². The Morgan fingerprint density at radius 1 is 0.750 bits per heavy atom. The Morgan fingerprint density at radius 2 is 1.35 bits per heavy atom. The number of aromatic nitrogens is 3. The number of hydrogen-bond donors (Lipinski definition) is 4. The van der Waals surface area contributed by atoms with Gasteiger partial charge in [-0.1, -0.05) is 26.0 Å². The lowest BCUT2D eigenvalue weighted by Crippen LogP contribution is -2.40. The van der Waals surface area contributed by atoms with E-state index in [0.29, 0.717) is 54.5 Å². The van der Waals surface area contributed by atoms with E-state index in [9.17, 15) is 27.6 Å². The molecule has 0 radical (unpaired) electrons. The molecule has 4 aromatic rings. The number of halogens is 3. The number of Topliss-reactive ketones (excluding diaryl/α,β-unsaturated/α-hetero) is 1. The van der Waals surface area contributed by atoms with Crippen LogP contribution in [-0.2, 0) is 16.1 Å². The fourth-order valence-corrected chi connectivity index (χ4v) is 4.80. The predicted octanol–water partition coefficient (Wildman–Crippen LogP) is 6.07. The van der Waals surface area contributed by atoms with E-state index in [4.69, 9.17) is 14.2 Å². The van der Waals surface area contributed by atoms with E-state index >= 15 is 0 Å². The molecule has 5 heterocycles. The summed E-state index contributed by atoms with van der Waals surface area (Å²) in [6.07, 6.45) is -3.42. The Labute approximate surface area is 297 Å². The van der Waals surface area contributed by atoms with Gasteiger partial charge in [-0.05, 0) is 78.1 Å². The van der Waals surface area contributed by atoms with Crippen molar-refractivity contribution in [3.63, 3.8) is 0 Å². The highest BCUT2D eigenvalue weighted by atomic mass is 19.4. The van der Waals surface area contributed by atoms with E-state index in [2.05, 4.69) is 36.2 Å². The number of nitrogens with one attached hydrogen (secondary N) is 4. The zero-order valence-corrected chi connectivity index (χ0v) is 28.5. The molecule has 16 heteroatoms. The molecule has 1 aromatic heterocycles. The highest BCUT2D eigenvalue weighted by Gasteiger charge is 2.29. The van der Waals surface area contributed by atoms with E-state index in [-0.39, 0.29) is 37.2 Å². The quantitative estimate of drug-likeness (QED) is 0.178. The van der Waals surface area contributed by atoms with E-state index in [1.54, 1.807) is 60.7 Å². The van der Waals surface area contributed by atoms with Crippen molar-refractivity contribution in [1.82, 2.24) is 20.3 Å².